The minimum atomic E-state index is -4.74. The maximum atomic E-state index is 13.1. The van der Waals surface area contributed by atoms with Crippen molar-refractivity contribution in [2.75, 3.05) is 5.32 Å². The summed E-state index contributed by atoms with van der Waals surface area (Å²) in [6.45, 7) is 0. The van der Waals surface area contributed by atoms with Gasteiger partial charge in [-0.15, -0.1) is 0 Å². The fraction of sp³-hybridized carbons (Fsp3) is 0.0417. The Bertz CT molecular complexity index is 1490. The van der Waals surface area contributed by atoms with Crippen LogP contribution < -0.4 is 5.32 Å². The highest BCUT2D eigenvalue weighted by Crippen LogP contribution is 2.40. The first-order valence-electron chi connectivity index (χ1n) is 9.47. The van der Waals surface area contributed by atoms with Gasteiger partial charge < -0.3 is 15.4 Å². The van der Waals surface area contributed by atoms with Crippen molar-refractivity contribution in [2.45, 2.75) is 6.18 Å². The Morgan fingerprint density at radius 2 is 1.65 bits per heavy atom. The number of carbonyl (C=O) groups is 1. The number of rotatable bonds is 2. The lowest BCUT2D eigenvalue weighted by molar-refractivity contribution is -0.138. The van der Waals surface area contributed by atoms with Gasteiger partial charge in [-0.05, 0) is 29.7 Å². The molecule has 0 radical (unpaired) electrons. The molecule has 154 valence electrons. The summed E-state index contributed by atoms with van der Waals surface area (Å²) in [5.41, 5.74) is 0.446. The summed E-state index contributed by atoms with van der Waals surface area (Å²) in [6.07, 6.45) is -4.74. The quantitative estimate of drug-likeness (QED) is 0.287. The minimum absolute atomic E-state index is 0.284. The van der Waals surface area contributed by atoms with E-state index in [9.17, 15) is 23.1 Å². The highest BCUT2D eigenvalue weighted by atomic mass is 19.4. The summed E-state index contributed by atoms with van der Waals surface area (Å²) >= 11 is 0. The molecule has 0 bridgehead atoms. The molecular formula is C24H15F3N2O2. The predicted molar refractivity (Wildman–Crippen MR) is 114 cm³/mol. The molecule has 4 nitrogen and oxygen atoms in total. The standard InChI is InChI=1S/C24H15F3N2O2/c25-24(26,27)17-8-4-10-19(22(17)30)29-23(31)16-7-3-5-13-11-12-15-14-6-1-2-9-18(14)28-21(15)20(13)16/h1-12,28,30H,(H,29,31). The second-order valence-corrected chi connectivity index (χ2v) is 7.22. The van der Waals surface area contributed by atoms with Crippen molar-refractivity contribution in [3.63, 3.8) is 0 Å². The minimum Gasteiger partial charge on any atom is -0.505 e. The van der Waals surface area contributed by atoms with Crippen molar-refractivity contribution >= 4 is 44.2 Å². The summed E-state index contributed by atoms with van der Waals surface area (Å²) in [5.74, 6) is -1.63. The number of nitrogens with one attached hydrogen (secondary N) is 2. The van der Waals surface area contributed by atoms with Crippen LogP contribution in [-0.2, 0) is 6.18 Å². The average molecular weight is 420 g/mol. The fourth-order valence-electron chi connectivity index (χ4n) is 3.95. The van der Waals surface area contributed by atoms with Crippen molar-refractivity contribution in [1.82, 2.24) is 4.98 Å². The SMILES string of the molecule is O=C(Nc1cccc(C(F)(F)F)c1O)c1cccc2ccc3c4ccccc4[nH]c3c12. The maximum absolute atomic E-state index is 13.1. The monoisotopic (exact) mass is 420 g/mol. The third-order valence-corrected chi connectivity index (χ3v) is 5.36. The lowest BCUT2D eigenvalue weighted by Crippen LogP contribution is -2.14. The molecule has 0 unspecified atom stereocenters. The van der Waals surface area contributed by atoms with Crippen molar-refractivity contribution in [1.29, 1.82) is 0 Å². The lowest BCUT2D eigenvalue weighted by Gasteiger charge is -2.14. The van der Waals surface area contributed by atoms with Crippen LogP contribution in [0.5, 0.6) is 5.75 Å². The molecule has 0 atom stereocenters. The number of alkyl halides is 3. The number of fused-ring (bicyclic) bond motifs is 5. The van der Waals surface area contributed by atoms with E-state index in [1.165, 1.54) is 6.07 Å². The fourth-order valence-corrected chi connectivity index (χ4v) is 3.95. The van der Waals surface area contributed by atoms with Crippen LogP contribution >= 0.6 is 0 Å². The van der Waals surface area contributed by atoms with Crippen molar-refractivity contribution in [2.24, 2.45) is 0 Å². The number of hydrogen-bond donors (Lipinski definition) is 3. The van der Waals surface area contributed by atoms with E-state index in [2.05, 4.69) is 10.3 Å². The van der Waals surface area contributed by atoms with Gasteiger partial charge in [0.2, 0.25) is 0 Å². The normalized spacial score (nSPS) is 12.0. The molecular weight excluding hydrogens is 405 g/mol. The number of H-pyrrole nitrogens is 1. The van der Waals surface area contributed by atoms with Gasteiger partial charge in [0.1, 0.15) is 0 Å². The van der Waals surface area contributed by atoms with E-state index in [1.807, 2.05) is 42.5 Å². The van der Waals surface area contributed by atoms with Crippen LogP contribution in [0.25, 0.3) is 32.6 Å². The Labute approximate surface area is 173 Å². The number of carbonyl (C=O) groups excluding carboxylic acids is 1. The molecule has 7 heteroatoms. The zero-order chi connectivity index (χ0) is 21.8. The second kappa shape index (κ2) is 6.77. The van der Waals surface area contributed by atoms with E-state index >= 15 is 0 Å². The molecule has 5 aromatic rings. The number of amides is 1. The van der Waals surface area contributed by atoms with Gasteiger partial charge in [0, 0.05) is 27.2 Å². The van der Waals surface area contributed by atoms with Gasteiger partial charge in [-0.3, -0.25) is 4.79 Å². The predicted octanol–water partition coefficient (Wildman–Crippen LogP) is 6.45. The van der Waals surface area contributed by atoms with Crippen molar-refractivity contribution in [3.05, 3.63) is 83.9 Å². The van der Waals surface area contributed by atoms with E-state index < -0.39 is 23.4 Å². The summed E-state index contributed by atoms with van der Waals surface area (Å²) < 4.78 is 39.3. The smallest absolute Gasteiger partial charge is 0.420 e. The first-order valence-corrected chi connectivity index (χ1v) is 9.47. The number of benzene rings is 4. The molecule has 1 aromatic heterocycles. The topological polar surface area (TPSA) is 65.1 Å². The third kappa shape index (κ3) is 3.06. The van der Waals surface area contributed by atoms with Gasteiger partial charge in [-0.1, -0.05) is 48.5 Å². The largest absolute Gasteiger partial charge is 0.505 e. The molecule has 5 rings (SSSR count). The van der Waals surface area contributed by atoms with E-state index in [0.29, 0.717) is 5.39 Å². The molecule has 1 amide bonds. The molecule has 0 fully saturated rings. The van der Waals surface area contributed by atoms with Crippen LogP contribution in [0.15, 0.2) is 72.8 Å². The third-order valence-electron chi connectivity index (χ3n) is 5.36. The molecule has 0 spiro atoms. The van der Waals surface area contributed by atoms with Gasteiger partial charge in [0.05, 0.1) is 16.8 Å². The van der Waals surface area contributed by atoms with Gasteiger partial charge in [-0.25, -0.2) is 0 Å². The first kappa shape index (κ1) is 19.0. The summed E-state index contributed by atoms with van der Waals surface area (Å²) in [6, 6.07) is 19.9. The number of halogens is 3. The summed E-state index contributed by atoms with van der Waals surface area (Å²) in [4.78, 5) is 16.4. The molecule has 3 N–H and O–H groups in total. The molecule has 31 heavy (non-hydrogen) atoms. The van der Waals surface area contributed by atoms with Gasteiger partial charge >= 0.3 is 6.18 Å². The zero-order valence-electron chi connectivity index (χ0n) is 15.9. The van der Waals surface area contributed by atoms with Gasteiger partial charge in [-0.2, -0.15) is 13.2 Å². The number of phenols is 1. The van der Waals surface area contributed by atoms with Crippen LogP contribution in [0.1, 0.15) is 15.9 Å². The van der Waals surface area contributed by atoms with E-state index in [1.54, 1.807) is 12.1 Å². The number of phenolic OH excluding ortho intramolecular Hbond substituents is 1. The molecule has 0 aliphatic carbocycles. The maximum Gasteiger partial charge on any atom is 0.420 e. The Morgan fingerprint density at radius 1 is 0.871 bits per heavy atom. The molecule has 0 aliphatic rings. The number of aromatic hydroxyl groups is 1. The lowest BCUT2D eigenvalue weighted by atomic mass is 10.0. The second-order valence-electron chi connectivity index (χ2n) is 7.22. The Hall–Kier alpha value is -4.00. The molecule has 0 saturated carbocycles. The average Bonchev–Trinajstić information content (AvgIpc) is 3.13. The van der Waals surface area contributed by atoms with Gasteiger partial charge in [0.25, 0.3) is 5.91 Å². The first-order chi connectivity index (χ1) is 14.8. The zero-order valence-corrected chi connectivity index (χ0v) is 15.9. The van der Waals surface area contributed by atoms with Crippen LogP contribution in [-0.4, -0.2) is 16.0 Å². The molecule has 4 aromatic carbocycles. The Balaban J connectivity index is 1.66. The molecule has 1 heterocycles. The molecule has 0 aliphatic heterocycles. The van der Waals surface area contributed by atoms with E-state index in [-0.39, 0.29) is 11.3 Å². The van der Waals surface area contributed by atoms with Crippen LogP contribution in [0, 0.1) is 0 Å². The number of para-hydroxylation sites is 2. The van der Waals surface area contributed by atoms with Crippen LogP contribution in [0.4, 0.5) is 18.9 Å². The summed E-state index contributed by atoms with van der Waals surface area (Å²) in [5, 5.41) is 15.9. The number of anilines is 1. The highest BCUT2D eigenvalue weighted by Gasteiger charge is 2.35. The van der Waals surface area contributed by atoms with Crippen LogP contribution in [0.3, 0.4) is 0 Å². The highest BCUT2D eigenvalue weighted by molar-refractivity contribution is 6.24. The number of aromatic nitrogens is 1. The van der Waals surface area contributed by atoms with Crippen molar-refractivity contribution in [3.8, 4) is 5.75 Å². The summed E-state index contributed by atoms with van der Waals surface area (Å²) in [7, 11) is 0. The Morgan fingerprint density at radius 3 is 2.45 bits per heavy atom. The number of aromatic amines is 1. The van der Waals surface area contributed by atoms with Gasteiger partial charge in [0.15, 0.2) is 5.75 Å². The Kier molecular flexibility index (Phi) is 4.15. The number of hydrogen-bond acceptors (Lipinski definition) is 2. The van der Waals surface area contributed by atoms with Crippen molar-refractivity contribution < 1.29 is 23.1 Å². The van der Waals surface area contributed by atoms with E-state index in [0.717, 1.165) is 39.3 Å². The van der Waals surface area contributed by atoms with E-state index in [4.69, 9.17) is 0 Å². The van der Waals surface area contributed by atoms with Crippen LogP contribution in [0.2, 0.25) is 0 Å². The molecule has 0 saturated heterocycles.